The number of aliphatic hydroxyl groups is 2. The Bertz CT molecular complexity index is 664. The van der Waals surface area contributed by atoms with Crippen molar-refractivity contribution in [3.8, 4) is 0 Å². The molecular formula is C19H23N3O4. The maximum absolute atomic E-state index is 12.1. The quantitative estimate of drug-likeness (QED) is 0.443. The first-order valence-electron chi connectivity index (χ1n) is 8.51. The highest BCUT2D eigenvalue weighted by molar-refractivity contribution is 5.76. The van der Waals surface area contributed by atoms with Crippen molar-refractivity contribution in [1.82, 2.24) is 16.0 Å². The zero-order chi connectivity index (χ0) is 18.5. The highest BCUT2D eigenvalue weighted by Crippen LogP contribution is 2.28. The molecule has 0 saturated carbocycles. The van der Waals surface area contributed by atoms with Crippen molar-refractivity contribution < 1.29 is 20.1 Å². The van der Waals surface area contributed by atoms with E-state index in [0.717, 1.165) is 11.1 Å². The zero-order valence-electron chi connectivity index (χ0n) is 14.1. The summed E-state index contributed by atoms with van der Waals surface area (Å²) in [5.41, 5.74) is 1.71. The van der Waals surface area contributed by atoms with Crippen LogP contribution in [0.2, 0.25) is 0 Å². The molecule has 0 aliphatic carbocycles. The van der Waals surface area contributed by atoms with Crippen molar-refractivity contribution in [3.63, 3.8) is 0 Å². The van der Waals surface area contributed by atoms with Crippen LogP contribution in [0.1, 0.15) is 23.5 Å². The second-order valence-corrected chi connectivity index (χ2v) is 6.32. The van der Waals surface area contributed by atoms with Crippen LogP contribution >= 0.6 is 0 Å². The lowest BCUT2D eigenvalue weighted by atomic mass is 9.85. The number of aliphatic hydroxyl groups excluding tert-OH is 2. The Morgan fingerprint density at radius 2 is 1.38 bits per heavy atom. The molecule has 7 nitrogen and oxygen atoms in total. The Balaban J connectivity index is 1.92. The van der Waals surface area contributed by atoms with Gasteiger partial charge in [0.05, 0.1) is 0 Å². The third-order valence-electron chi connectivity index (χ3n) is 4.43. The summed E-state index contributed by atoms with van der Waals surface area (Å²) in [5.74, 6) is -1.48. The molecule has 0 amide bonds. The van der Waals surface area contributed by atoms with Gasteiger partial charge in [-0.15, -0.1) is 0 Å². The van der Waals surface area contributed by atoms with E-state index >= 15 is 0 Å². The van der Waals surface area contributed by atoms with Gasteiger partial charge in [0.15, 0.2) is 0 Å². The molecule has 3 rings (SSSR count). The molecule has 1 aliphatic rings. The number of hydrogen-bond acceptors (Lipinski definition) is 6. The average Bonchev–Trinajstić information content (AvgIpc) is 2.62. The van der Waals surface area contributed by atoms with Crippen molar-refractivity contribution >= 4 is 5.97 Å². The number of nitrogens with one attached hydrogen (secondary N) is 3. The first-order chi connectivity index (χ1) is 12.5. The van der Waals surface area contributed by atoms with Crippen LogP contribution in [-0.2, 0) is 4.79 Å². The first kappa shape index (κ1) is 18.5. The van der Waals surface area contributed by atoms with Gasteiger partial charge in [0.2, 0.25) is 0 Å². The Hall–Kier alpha value is -2.29. The number of hydrogen-bond donors (Lipinski definition) is 6. The fourth-order valence-corrected chi connectivity index (χ4v) is 3.26. The first-order valence-corrected chi connectivity index (χ1v) is 8.51. The third kappa shape index (κ3) is 4.46. The normalized spacial score (nSPS) is 24.3. The number of carbonyl (C=O) groups is 1. The summed E-state index contributed by atoms with van der Waals surface area (Å²) < 4.78 is 0. The summed E-state index contributed by atoms with van der Waals surface area (Å²) in [5, 5.41) is 38.0. The van der Waals surface area contributed by atoms with Crippen LogP contribution in [0, 0.1) is 0 Å². The fraction of sp³-hybridized carbons (Fsp3) is 0.316. The number of benzene rings is 2. The van der Waals surface area contributed by atoms with Crippen molar-refractivity contribution in [1.29, 1.82) is 0 Å². The van der Waals surface area contributed by atoms with Crippen LogP contribution in [0.5, 0.6) is 0 Å². The monoisotopic (exact) mass is 357 g/mol. The van der Waals surface area contributed by atoms with Crippen LogP contribution < -0.4 is 16.0 Å². The second-order valence-electron chi connectivity index (χ2n) is 6.32. The molecule has 1 fully saturated rings. The summed E-state index contributed by atoms with van der Waals surface area (Å²) in [6.45, 7) is 0. The van der Waals surface area contributed by atoms with Crippen LogP contribution in [0.4, 0.5) is 0 Å². The minimum Gasteiger partial charge on any atom is -0.480 e. The van der Waals surface area contributed by atoms with Gasteiger partial charge in [-0.2, -0.15) is 0 Å². The minimum absolute atomic E-state index is 0.122. The number of carboxylic acids is 1. The molecule has 1 heterocycles. The van der Waals surface area contributed by atoms with E-state index in [9.17, 15) is 20.1 Å². The molecule has 138 valence electrons. The van der Waals surface area contributed by atoms with E-state index in [1.807, 2.05) is 60.7 Å². The van der Waals surface area contributed by atoms with E-state index in [4.69, 9.17) is 0 Å². The largest absolute Gasteiger partial charge is 0.480 e. The Labute approximate surface area is 151 Å². The number of aliphatic carboxylic acids is 1. The fourth-order valence-electron chi connectivity index (χ4n) is 3.26. The summed E-state index contributed by atoms with van der Waals surface area (Å²) in [6, 6.07) is 17.8. The Morgan fingerprint density at radius 3 is 1.81 bits per heavy atom. The predicted octanol–water partition coefficient (Wildman–Crippen LogP) is 0.365. The molecule has 2 aromatic carbocycles. The van der Waals surface area contributed by atoms with E-state index in [0.29, 0.717) is 0 Å². The summed E-state index contributed by atoms with van der Waals surface area (Å²) in [4.78, 5) is 12.1. The highest BCUT2D eigenvalue weighted by atomic mass is 16.4. The molecule has 3 atom stereocenters. The van der Waals surface area contributed by atoms with Crippen LogP contribution in [0.3, 0.4) is 0 Å². The molecule has 0 spiro atoms. The molecule has 7 heteroatoms. The van der Waals surface area contributed by atoms with Crippen LogP contribution in [0.25, 0.3) is 0 Å². The molecule has 26 heavy (non-hydrogen) atoms. The smallest absolute Gasteiger partial charge is 0.321 e. The van der Waals surface area contributed by atoms with E-state index in [1.165, 1.54) is 0 Å². The zero-order valence-corrected chi connectivity index (χ0v) is 14.1. The van der Waals surface area contributed by atoms with Crippen molar-refractivity contribution in [3.05, 3.63) is 71.8 Å². The summed E-state index contributed by atoms with van der Waals surface area (Å²) in [6.07, 6.45) is -2.48. The molecule has 1 aliphatic heterocycles. The second kappa shape index (κ2) is 8.39. The maximum Gasteiger partial charge on any atom is 0.321 e. The number of rotatable bonds is 6. The SMILES string of the molecule is O=C(O)C(NC1NC(O)CC(O)N1)C(c1ccccc1)c1ccccc1. The summed E-state index contributed by atoms with van der Waals surface area (Å²) in [7, 11) is 0. The molecule has 3 unspecified atom stereocenters. The standard InChI is InChI=1S/C19H23N3O4/c23-14-11-15(24)21-19(20-14)22-17(18(25)26)16(12-7-3-1-4-8-12)13-9-5-2-6-10-13/h1-10,14-17,19-24H,11H2,(H,25,26). The van der Waals surface area contributed by atoms with Gasteiger partial charge in [-0.25, -0.2) is 0 Å². The molecule has 0 bridgehead atoms. The van der Waals surface area contributed by atoms with Gasteiger partial charge in [-0.3, -0.25) is 20.7 Å². The van der Waals surface area contributed by atoms with Gasteiger partial charge < -0.3 is 15.3 Å². The molecule has 0 radical (unpaired) electrons. The van der Waals surface area contributed by atoms with Crippen LogP contribution in [-0.4, -0.2) is 46.1 Å². The van der Waals surface area contributed by atoms with Gasteiger partial charge in [0.1, 0.15) is 24.8 Å². The minimum atomic E-state index is -1.03. The topological polar surface area (TPSA) is 114 Å². The highest BCUT2D eigenvalue weighted by Gasteiger charge is 2.35. The van der Waals surface area contributed by atoms with E-state index in [2.05, 4.69) is 16.0 Å². The van der Waals surface area contributed by atoms with E-state index < -0.39 is 36.7 Å². The van der Waals surface area contributed by atoms with Gasteiger partial charge in [-0.05, 0) is 11.1 Å². The lowest BCUT2D eigenvalue weighted by Crippen LogP contribution is -2.67. The lowest BCUT2D eigenvalue weighted by Gasteiger charge is -2.36. The van der Waals surface area contributed by atoms with Gasteiger partial charge in [0, 0.05) is 12.3 Å². The van der Waals surface area contributed by atoms with Crippen LogP contribution in [0.15, 0.2) is 60.7 Å². The van der Waals surface area contributed by atoms with E-state index in [-0.39, 0.29) is 6.42 Å². The van der Waals surface area contributed by atoms with Crippen molar-refractivity contribution in [2.45, 2.75) is 37.1 Å². The van der Waals surface area contributed by atoms with Crippen molar-refractivity contribution in [2.75, 3.05) is 0 Å². The van der Waals surface area contributed by atoms with Crippen molar-refractivity contribution in [2.24, 2.45) is 0 Å². The Kier molecular flexibility index (Phi) is 5.97. The molecule has 1 saturated heterocycles. The van der Waals surface area contributed by atoms with Gasteiger partial charge >= 0.3 is 5.97 Å². The molecule has 0 aromatic heterocycles. The summed E-state index contributed by atoms with van der Waals surface area (Å²) >= 11 is 0. The van der Waals surface area contributed by atoms with Gasteiger partial charge in [0.25, 0.3) is 0 Å². The average molecular weight is 357 g/mol. The molecule has 6 N–H and O–H groups in total. The van der Waals surface area contributed by atoms with E-state index in [1.54, 1.807) is 0 Å². The number of carboxylic acid groups (broad SMARTS) is 1. The lowest BCUT2D eigenvalue weighted by molar-refractivity contribution is -0.141. The molecular weight excluding hydrogens is 334 g/mol. The molecule has 2 aromatic rings. The predicted molar refractivity (Wildman–Crippen MR) is 96.0 cm³/mol. The maximum atomic E-state index is 12.1. The van der Waals surface area contributed by atoms with Gasteiger partial charge in [-0.1, -0.05) is 60.7 Å². The third-order valence-corrected chi connectivity index (χ3v) is 4.43. The Morgan fingerprint density at radius 1 is 0.923 bits per heavy atom.